The minimum Gasteiger partial charge on any atom is -0.377 e. The molecule has 1 heterocycles. The molecule has 106 valence electrons. The number of carbonyl (C=O) groups excluding carboxylic acids is 1. The lowest BCUT2D eigenvalue weighted by molar-refractivity contribution is 0.101. The van der Waals surface area contributed by atoms with E-state index in [9.17, 15) is 13.6 Å². The van der Waals surface area contributed by atoms with Gasteiger partial charge in [0, 0.05) is 19.2 Å². The number of rotatable bonds is 4. The highest BCUT2D eigenvalue weighted by molar-refractivity contribution is 9.10. The van der Waals surface area contributed by atoms with Crippen LogP contribution in [0, 0.1) is 11.6 Å². The molecule has 0 bridgehead atoms. The molecule has 0 radical (unpaired) electrons. The highest BCUT2D eigenvalue weighted by atomic mass is 79.9. The molecule has 0 atom stereocenters. The first-order valence-electron chi connectivity index (χ1n) is 5.41. The van der Waals surface area contributed by atoms with Crippen molar-refractivity contribution in [3.8, 4) is 0 Å². The minimum absolute atomic E-state index is 0.0307. The van der Waals surface area contributed by atoms with E-state index >= 15 is 0 Å². The molecule has 1 aromatic heterocycles. The molecule has 0 spiro atoms. The van der Waals surface area contributed by atoms with Crippen molar-refractivity contribution in [1.29, 1.82) is 0 Å². The molecule has 5 nitrogen and oxygen atoms in total. The Labute approximate surface area is 121 Å². The summed E-state index contributed by atoms with van der Waals surface area (Å²) in [7, 11) is 1.46. The van der Waals surface area contributed by atoms with E-state index in [0.29, 0.717) is 5.76 Å². The van der Waals surface area contributed by atoms with Crippen LogP contribution < -0.4 is 5.32 Å². The third kappa shape index (κ3) is 3.20. The lowest BCUT2D eigenvalue weighted by atomic mass is 10.2. The Morgan fingerprint density at radius 1 is 1.40 bits per heavy atom. The van der Waals surface area contributed by atoms with Crippen molar-refractivity contribution < 1.29 is 22.8 Å². The number of nitrogens with one attached hydrogen (secondary N) is 1. The van der Waals surface area contributed by atoms with Gasteiger partial charge in [0.05, 0.1) is 10.2 Å². The van der Waals surface area contributed by atoms with E-state index < -0.39 is 17.5 Å². The summed E-state index contributed by atoms with van der Waals surface area (Å²) in [6.45, 7) is 0.154. The number of hydrogen-bond donors (Lipinski definition) is 1. The van der Waals surface area contributed by atoms with Gasteiger partial charge in [-0.3, -0.25) is 4.79 Å². The molecule has 2 rings (SSSR count). The molecule has 0 fully saturated rings. The summed E-state index contributed by atoms with van der Waals surface area (Å²) in [6.07, 6.45) is 0. The third-order valence-corrected chi connectivity index (χ3v) is 2.94. The second-order valence-corrected chi connectivity index (χ2v) is 4.67. The number of ether oxygens (including phenoxy) is 1. The van der Waals surface area contributed by atoms with Crippen LogP contribution in [0.4, 0.5) is 14.5 Å². The van der Waals surface area contributed by atoms with Gasteiger partial charge in [0.15, 0.2) is 11.5 Å². The number of anilines is 1. The molecule has 20 heavy (non-hydrogen) atoms. The Hall–Kier alpha value is -1.80. The molecule has 1 aromatic carbocycles. The Morgan fingerprint density at radius 2 is 2.15 bits per heavy atom. The lowest BCUT2D eigenvalue weighted by Crippen LogP contribution is -2.13. The SMILES string of the molecule is COCc1cc(C(=O)Nc2cc(F)c(Br)cc2F)no1. The smallest absolute Gasteiger partial charge is 0.277 e. The third-order valence-electron chi connectivity index (χ3n) is 2.34. The summed E-state index contributed by atoms with van der Waals surface area (Å²) in [4.78, 5) is 11.8. The Balaban J connectivity index is 2.16. The first kappa shape index (κ1) is 14.6. The van der Waals surface area contributed by atoms with Crippen molar-refractivity contribution in [1.82, 2.24) is 5.16 Å². The van der Waals surface area contributed by atoms with E-state index in [4.69, 9.17) is 9.26 Å². The molecule has 0 aliphatic rings. The van der Waals surface area contributed by atoms with Crippen molar-refractivity contribution in [3.05, 3.63) is 45.8 Å². The topological polar surface area (TPSA) is 64.4 Å². The van der Waals surface area contributed by atoms with E-state index in [1.54, 1.807) is 0 Å². The summed E-state index contributed by atoms with van der Waals surface area (Å²) in [6, 6.07) is 3.14. The van der Waals surface area contributed by atoms with E-state index in [0.717, 1.165) is 12.1 Å². The molecule has 0 aliphatic carbocycles. The number of carbonyl (C=O) groups is 1. The van der Waals surface area contributed by atoms with Crippen molar-refractivity contribution in [2.45, 2.75) is 6.61 Å². The van der Waals surface area contributed by atoms with E-state index in [-0.39, 0.29) is 22.5 Å². The van der Waals surface area contributed by atoms with Gasteiger partial charge in [-0.05, 0) is 22.0 Å². The number of aromatic nitrogens is 1. The van der Waals surface area contributed by atoms with Gasteiger partial charge in [-0.1, -0.05) is 5.16 Å². The Kier molecular flexibility index (Phi) is 4.46. The van der Waals surface area contributed by atoms with Gasteiger partial charge in [0.25, 0.3) is 5.91 Å². The molecule has 2 aromatic rings. The van der Waals surface area contributed by atoms with Crippen LogP contribution >= 0.6 is 15.9 Å². The number of hydrogen-bond acceptors (Lipinski definition) is 4. The zero-order chi connectivity index (χ0) is 14.7. The molecule has 0 aliphatic heterocycles. The minimum atomic E-state index is -0.771. The second kappa shape index (κ2) is 6.10. The molecule has 8 heteroatoms. The lowest BCUT2D eigenvalue weighted by Gasteiger charge is -2.05. The summed E-state index contributed by atoms with van der Waals surface area (Å²) in [5.41, 5.74) is -0.341. The van der Waals surface area contributed by atoms with Crippen LogP contribution in [-0.4, -0.2) is 18.2 Å². The van der Waals surface area contributed by atoms with Crippen molar-refractivity contribution in [2.24, 2.45) is 0 Å². The summed E-state index contributed by atoms with van der Waals surface area (Å²) < 4.78 is 36.5. The standard InChI is InChI=1S/C12H9BrF2N2O3/c1-19-5-6-2-11(17-20-6)12(18)16-10-4-8(14)7(13)3-9(10)15/h2-4H,5H2,1H3,(H,16,18). The molecule has 1 N–H and O–H groups in total. The summed E-state index contributed by atoms with van der Waals surface area (Å²) in [5.74, 6) is -1.83. The summed E-state index contributed by atoms with van der Waals surface area (Å²) >= 11 is 2.84. The normalized spacial score (nSPS) is 10.6. The zero-order valence-corrected chi connectivity index (χ0v) is 11.8. The molecule has 1 amide bonds. The van der Waals surface area contributed by atoms with Crippen LogP contribution in [0.3, 0.4) is 0 Å². The van der Waals surface area contributed by atoms with Crippen LogP contribution in [0.15, 0.2) is 27.2 Å². The second-order valence-electron chi connectivity index (χ2n) is 3.81. The monoisotopic (exact) mass is 346 g/mol. The van der Waals surface area contributed by atoms with Crippen LogP contribution in [0.2, 0.25) is 0 Å². The summed E-state index contributed by atoms with van der Waals surface area (Å²) in [5, 5.41) is 5.72. The van der Waals surface area contributed by atoms with E-state index in [1.165, 1.54) is 13.2 Å². The fourth-order valence-electron chi connectivity index (χ4n) is 1.43. The highest BCUT2D eigenvalue weighted by Gasteiger charge is 2.16. The van der Waals surface area contributed by atoms with Crippen molar-refractivity contribution in [2.75, 3.05) is 12.4 Å². The largest absolute Gasteiger partial charge is 0.377 e. The van der Waals surface area contributed by atoms with Crippen LogP contribution in [0.5, 0.6) is 0 Å². The van der Waals surface area contributed by atoms with E-state index in [1.807, 2.05) is 0 Å². The molecule has 0 saturated carbocycles. The Morgan fingerprint density at radius 3 is 2.85 bits per heavy atom. The number of halogens is 3. The van der Waals surface area contributed by atoms with Crippen molar-refractivity contribution >= 4 is 27.5 Å². The zero-order valence-electron chi connectivity index (χ0n) is 10.2. The van der Waals surface area contributed by atoms with Crippen molar-refractivity contribution in [3.63, 3.8) is 0 Å². The number of benzene rings is 1. The maximum absolute atomic E-state index is 13.6. The van der Waals surface area contributed by atoms with Crippen LogP contribution in [0.1, 0.15) is 16.2 Å². The predicted molar refractivity (Wildman–Crippen MR) is 69.2 cm³/mol. The van der Waals surface area contributed by atoms with Gasteiger partial charge in [-0.15, -0.1) is 0 Å². The molecular formula is C12H9BrF2N2O3. The fourth-order valence-corrected chi connectivity index (χ4v) is 1.75. The Bertz CT molecular complexity index is 646. The highest BCUT2D eigenvalue weighted by Crippen LogP contribution is 2.23. The molecular weight excluding hydrogens is 338 g/mol. The molecule has 0 unspecified atom stereocenters. The van der Waals surface area contributed by atoms with Gasteiger partial charge >= 0.3 is 0 Å². The predicted octanol–water partition coefficient (Wildman–Crippen LogP) is 3.11. The number of methoxy groups -OCH3 is 1. The van der Waals surface area contributed by atoms with Gasteiger partial charge in [0.2, 0.25) is 0 Å². The first-order chi connectivity index (χ1) is 9.51. The van der Waals surface area contributed by atoms with Gasteiger partial charge in [-0.25, -0.2) is 8.78 Å². The first-order valence-corrected chi connectivity index (χ1v) is 6.21. The maximum Gasteiger partial charge on any atom is 0.277 e. The number of amides is 1. The molecule has 0 saturated heterocycles. The van der Waals surface area contributed by atoms with Gasteiger partial charge in [-0.2, -0.15) is 0 Å². The maximum atomic E-state index is 13.6. The van der Waals surface area contributed by atoms with E-state index in [2.05, 4.69) is 26.4 Å². The fraction of sp³-hybridized carbons (Fsp3) is 0.167. The van der Waals surface area contributed by atoms with Gasteiger partial charge < -0.3 is 14.6 Å². The van der Waals surface area contributed by atoms with Crippen LogP contribution in [-0.2, 0) is 11.3 Å². The average molecular weight is 347 g/mol. The quantitative estimate of drug-likeness (QED) is 0.864. The van der Waals surface area contributed by atoms with Gasteiger partial charge in [0.1, 0.15) is 18.2 Å². The number of nitrogens with zero attached hydrogens (tertiary/aromatic N) is 1. The average Bonchev–Trinajstić information content (AvgIpc) is 2.85. The van der Waals surface area contributed by atoms with Crippen LogP contribution in [0.25, 0.3) is 0 Å².